The Hall–Kier alpha value is -1.09. The third kappa shape index (κ3) is 7.47. The molecule has 21 heavy (non-hydrogen) atoms. The van der Waals surface area contributed by atoms with E-state index in [0.717, 1.165) is 0 Å². The summed E-state index contributed by atoms with van der Waals surface area (Å²) in [7, 11) is 0. The van der Waals surface area contributed by atoms with Crippen molar-refractivity contribution in [2.24, 2.45) is 10.7 Å². The van der Waals surface area contributed by atoms with Crippen molar-refractivity contribution in [1.82, 2.24) is 5.32 Å². The van der Waals surface area contributed by atoms with Gasteiger partial charge in [0.05, 0.1) is 4.92 Å². The molecule has 0 atom stereocenters. The summed E-state index contributed by atoms with van der Waals surface area (Å²) < 4.78 is 0. The molecule has 0 spiro atoms. The van der Waals surface area contributed by atoms with Gasteiger partial charge in [0.15, 0.2) is 5.96 Å². The number of nitro groups is 1. The highest BCUT2D eigenvalue weighted by Gasteiger charge is 2.14. The first-order valence-electron chi connectivity index (χ1n) is 6.20. The Labute approximate surface area is 146 Å². The van der Waals surface area contributed by atoms with Crippen LogP contribution in [0.3, 0.4) is 0 Å². The maximum absolute atomic E-state index is 10.9. The molecule has 0 saturated carbocycles. The zero-order chi connectivity index (χ0) is 15.3. The van der Waals surface area contributed by atoms with Crippen molar-refractivity contribution >= 4 is 47.2 Å². The Kier molecular flexibility index (Phi) is 7.94. The fraction of sp³-hybridized carbons (Fsp3) is 0.462. The fourth-order valence-corrected chi connectivity index (χ4v) is 1.81. The van der Waals surface area contributed by atoms with Gasteiger partial charge in [0.25, 0.3) is 5.69 Å². The maximum Gasteiger partial charge on any atom is 0.274 e. The van der Waals surface area contributed by atoms with Crippen molar-refractivity contribution in [1.29, 1.82) is 0 Å². The molecule has 1 rings (SSSR count). The lowest BCUT2D eigenvalue weighted by molar-refractivity contribution is -0.385. The molecule has 0 bridgehead atoms. The normalized spacial score (nSPS) is 11.7. The zero-order valence-electron chi connectivity index (χ0n) is 12.2. The van der Waals surface area contributed by atoms with Gasteiger partial charge in [0.1, 0.15) is 0 Å². The second-order valence-corrected chi connectivity index (χ2v) is 5.86. The van der Waals surface area contributed by atoms with E-state index in [0.29, 0.717) is 29.5 Å². The van der Waals surface area contributed by atoms with Gasteiger partial charge >= 0.3 is 0 Å². The summed E-state index contributed by atoms with van der Waals surface area (Å²) in [6.45, 7) is 6.29. The van der Waals surface area contributed by atoms with E-state index in [1.165, 1.54) is 6.07 Å². The standard InChI is InChI=1S/C13H19ClN4O2.HI/c1-13(2,3)17-12(15)16-7-6-9-4-5-10(14)8-11(9)18(19)20;/h4-5,8H,6-7H2,1-3H3,(H3,15,16,17);1H. The summed E-state index contributed by atoms with van der Waals surface area (Å²) in [5.41, 5.74) is 6.16. The molecule has 3 N–H and O–H groups in total. The monoisotopic (exact) mass is 426 g/mol. The van der Waals surface area contributed by atoms with Gasteiger partial charge in [-0.15, -0.1) is 24.0 Å². The largest absolute Gasteiger partial charge is 0.370 e. The number of nitro benzene ring substituents is 1. The molecule has 0 unspecified atom stereocenters. The van der Waals surface area contributed by atoms with Gasteiger partial charge in [-0.2, -0.15) is 0 Å². The van der Waals surface area contributed by atoms with Crippen molar-refractivity contribution in [3.05, 3.63) is 38.9 Å². The van der Waals surface area contributed by atoms with Gasteiger partial charge in [-0.05, 0) is 33.3 Å². The fourth-order valence-electron chi connectivity index (χ4n) is 1.64. The molecule has 0 saturated heterocycles. The number of nitrogens with two attached hydrogens (primary N) is 1. The Morgan fingerprint density at radius 2 is 2.10 bits per heavy atom. The molecular formula is C13H20ClIN4O2. The van der Waals surface area contributed by atoms with E-state index in [9.17, 15) is 10.1 Å². The summed E-state index contributed by atoms with van der Waals surface area (Å²) >= 11 is 5.76. The van der Waals surface area contributed by atoms with Crippen molar-refractivity contribution < 1.29 is 4.92 Å². The second-order valence-electron chi connectivity index (χ2n) is 5.42. The molecule has 0 aliphatic rings. The maximum atomic E-state index is 10.9. The number of hydrogen-bond acceptors (Lipinski definition) is 3. The molecular weight excluding hydrogens is 407 g/mol. The smallest absolute Gasteiger partial charge is 0.274 e. The average molecular weight is 427 g/mol. The van der Waals surface area contributed by atoms with Crippen LogP contribution in [0, 0.1) is 10.1 Å². The molecule has 0 aromatic heterocycles. The SMILES string of the molecule is CC(C)(C)NC(N)=NCCc1ccc(Cl)cc1[N+](=O)[O-].I. The lowest BCUT2D eigenvalue weighted by Crippen LogP contribution is -2.45. The van der Waals surface area contributed by atoms with E-state index in [4.69, 9.17) is 17.3 Å². The number of halogens is 2. The molecule has 6 nitrogen and oxygen atoms in total. The quantitative estimate of drug-likeness (QED) is 0.254. The van der Waals surface area contributed by atoms with Gasteiger partial charge in [-0.1, -0.05) is 17.7 Å². The Morgan fingerprint density at radius 1 is 1.48 bits per heavy atom. The van der Waals surface area contributed by atoms with Crippen LogP contribution in [0.5, 0.6) is 0 Å². The van der Waals surface area contributed by atoms with Gasteiger partial charge in [0.2, 0.25) is 0 Å². The summed E-state index contributed by atoms with van der Waals surface area (Å²) in [5, 5.41) is 14.3. The first-order valence-corrected chi connectivity index (χ1v) is 6.58. The second kappa shape index (κ2) is 8.38. The van der Waals surface area contributed by atoms with Gasteiger partial charge < -0.3 is 11.1 Å². The number of benzene rings is 1. The highest BCUT2D eigenvalue weighted by molar-refractivity contribution is 14.0. The van der Waals surface area contributed by atoms with Crippen LogP contribution in [0.15, 0.2) is 23.2 Å². The van der Waals surface area contributed by atoms with E-state index in [1.54, 1.807) is 12.1 Å². The summed E-state index contributed by atoms with van der Waals surface area (Å²) in [6.07, 6.45) is 0.431. The molecule has 1 aromatic carbocycles. The van der Waals surface area contributed by atoms with Gasteiger partial charge in [0, 0.05) is 28.7 Å². The van der Waals surface area contributed by atoms with Crippen molar-refractivity contribution in [2.45, 2.75) is 32.7 Å². The van der Waals surface area contributed by atoms with Crippen LogP contribution < -0.4 is 11.1 Å². The molecule has 0 radical (unpaired) electrons. The molecule has 0 fully saturated rings. The van der Waals surface area contributed by atoms with Gasteiger partial charge in [-0.3, -0.25) is 15.1 Å². The summed E-state index contributed by atoms with van der Waals surface area (Å²) in [6, 6.07) is 4.62. The molecule has 0 amide bonds. The number of nitrogens with zero attached hydrogens (tertiary/aromatic N) is 2. The molecule has 0 heterocycles. The van der Waals surface area contributed by atoms with Crippen LogP contribution in [-0.2, 0) is 6.42 Å². The molecule has 1 aromatic rings. The Balaban J connectivity index is 0.00000400. The van der Waals surface area contributed by atoms with Crippen molar-refractivity contribution in [3.8, 4) is 0 Å². The van der Waals surface area contributed by atoms with Crippen LogP contribution in [0.25, 0.3) is 0 Å². The minimum absolute atomic E-state index is 0. The minimum atomic E-state index is -0.443. The minimum Gasteiger partial charge on any atom is -0.370 e. The summed E-state index contributed by atoms with van der Waals surface area (Å²) in [4.78, 5) is 14.6. The predicted octanol–water partition coefficient (Wildman–Crippen LogP) is 3.11. The van der Waals surface area contributed by atoms with E-state index < -0.39 is 4.92 Å². The molecule has 0 aliphatic heterocycles. The van der Waals surface area contributed by atoms with Crippen LogP contribution in [-0.4, -0.2) is 23.0 Å². The van der Waals surface area contributed by atoms with Crippen LogP contribution in [0.2, 0.25) is 5.02 Å². The molecule has 0 aliphatic carbocycles. The Bertz CT molecular complexity index is 529. The van der Waals surface area contributed by atoms with Crippen LogP contribution >= 0.6 is 35.6 Å². The third-order valence-electron chi connectivity index (χ3n) is 2.41. The topological polar surface area (TPSA) is 93.5 Å². The number of hydrogen-bond donors (Lipinski definition) is 2. The first kappa shape index (κ1) is 19.9. The van der Waals surface area contributed by atoms with E-state index in [-0.39, 0.29) is 35.2 Å². The average Bonchev–Trinajstić information content (AvgIpc) is 2.28. The number of rotatable bonds is 4. The third-order valence-corrected chi connectivity index (χ3v) is 2.65. The van der Waals surface area contributed by atoms with E-state index in [2.05, 4.69) is 10.3 Å². The lowest BCUT2D eigenvalue weighted by Gasteiger charge is -2.20. The van der Waals surface area contributed by atoms with Gasteiger partial charge in [-0.25, -0.2) is 0 Å². The summed E-state index contributed by atoms with van der Waals surface area (Å²) in [5.74, 6) is 0.328. The highest BCUT2D eigenvalue weighted by Crippen LogP contribution is 2.23. The highest BCUT2D eigenvalue weighted by atomic mass is 127. The van der Waals surface area contributed by atoms with Crippen LogP contribution in [0.1, 0.15) is 26.3 Å². The number of aliphatic imine (C=N–C) groups is 1. The Morgan fingerprint density at radius 3 is 2.62 bits per heavy atom. The molecule has 8 heteroatoms. The van der Waals surface area contributed by atoms with E-state index >= 15 is 0 Å². The number of guanidine groups is 1. The van der Waals surface area contributed by atoms with Crippen LogP contribution in [0.4, 0.5) is 5.69 Å². The zero-order valence-corrected chi connectivity index (χ0v) is 15.3. The van der Waals surface area contributed by atoms with E-state index in [1.807, 2.05) is 20.8 Å². The van der Waals surface area contributed by atoms with Crippen molar-refractivity contribution in [2.75, 3.05) is 6.54 Å². The lowest BCUT2D eigenvalue weighted by atomic mass is 10.1. The predicted molar refractivity (Wildman–Crippen MR) is 96.6 cm³/mol. The van der Waals surface area contributed by atoms with Crippen molar-refractivity contribution in [3.63, 3.8) is 0 Å². The first-order chi connectivity index (χ1) is 9.19. The molecule has 118 valence electrons. The number of nitrogens with one attached hydrogen (secondary N) is 1.